The van der Waals surface area contributed by atoms with Crippen LogP contribution in [0, 0.1) is 6.92 Å². The fourth-order valence-corrected chi connectivity index (χ4v) is 1.01. The van der Waals surface area contributed by atoms with E-state index >= 15 is 0 Å². The highest BCUT2D eigenvalue weighted by atomic mass is 19.4. The van der Waals surface area contributed by atoms with Gasteiger partial charge in [-0.2, -0.15) is 13.2 Å². The van der Waals surface area contributed by atoms with Crippen LogP contribution in [0.1, 0.15) is 11.1 Å². The van der Waals surface area contributed by atoms with E-state index in [2.05, 4.69) is 9.72 Å². The molecule has 0 amide bonds. The van der Waals surface area contributed by atoms with Crippen molar-refractivity contribution in [3.05, 3.63) is 23.4 Å². The maximum absolute atomic E-state index is 11.8. The largest absolute Gasteiger partial charge is 0.468 e. The summed E-state index contributed by atoms with van der Waals surface area (Å²) in [4.78, 5) is 3.71. The fourth-order valence-electron chi connectivity index (χ4n) is 1.01. The third kappa shape index (κ3) is 3.75. The highest BCUT2D eigenvalue weighted by Crippen LogP contribution is 2.18. The maximum atomic E-state index is 11.8. The molecule has 15 heavy (non-hydrogen) atoms. The Balaban J connectivity index is 2.68. The van der Waals surface area contributed by atoms with E-state index in [9.17, 15) is 13.2 Å². The second-order valence-electron chi connectivity index (χ2n) is 3.06. The topological polar surface area (TPSA) is 48.1 Å². The van der Waals surface area contributed by atoms with Crippen LogP contribution in [0.5, 0.6) is 5.88 Å². The van der Waals surface area contributed by atoms with Gasteiger partial charge in [-0.1, -0.05) is 0 Å². The van der Waals surface area contributed by atoms with Gasteiger partial charge in [0.2, 0.25) is 5.88 Å². The zero-order chi connectivity index (χ0) is 11.5. The second-order valence-corrected chi connectivity index (χ2v) is 3.06. The average molecular weight is 220 g/mol. The molecule has 0 aliphatic rings. The van der Waals surface area contributed by atoms with Crippen LogP contribution in [0.4, 0.5) is 13.2 Å². The van der Waals surface area contributed by atoms with Gasteiger partial charge in [-0.25, -0.2) is 4.98 Å². The first-order valence-electron chi connectivity index (χ1n) is 4.27. The number of pyridine rings is 1. The minimum Gasteiger partial charge on any atom is -0.468 e. The zero-order valence-corrected chi connectivity index (χ0v) is 8.14. The third-order valence-corrected chi connectivity index (χ3v) is 1.80. The number of aromatic nitrogens is 1. The quantitative estimate of drug-likeness (QED) is 0.844. The molecule has 1 heterocycles. The molecule has 84 valence electrons. The Hall–Kier alpha value is -1.30. The molecule has 0 unspecified atom stereocenters. The summed E-state index contributed by atoms with van der Waals surface area (Å²) >= 11 is 0. The number of ether oxygens (including phenoxy) is 1. The number of nitrogens with two attached hydrogens (primary N) is 1. The summed E-state index contributed by atoms with van der Waals surface area (Å²) in [5, 5.41) is 0. The molecule has 0 radical (unpaired) electrons. The minimum absolute atomic E-state index is 0.0398. The summed E-state index contributed by atoms with van der Waals surface area (Å²) in [5.74, 6) is -0.0398. The van der Waals surface area contributed by atoms with Crippen molar-refractivity contribution in [3.63, 3.8) is 0 Å². The number of rotatable bonds is 3. The van der Waals surface area contributed by atoms with Gasteiger partial charge < -0.3 is 10.5 Å². The van der Waals surface area contributed by atoms with Crippen LogP contribution < -0.4 is 10.5 Å². The minimum atomic E-state index is -4.35. The lowest BCUT2D eigenvalue weighted by Crippen LogP contribution is -2.19. The lowest BCUT2D eigenvalue weighted by Gasteiger charge is -2.09. The molecular weight excluding hydrogens is 209 g/mol. The van der Waals surface area contributed by atoms with Gasteiger partial charge >= 0.3 is 6.18 Å². The Morgan fingerprint density at radius 3 is 2.60 bits per heavy atom. The van der Waals surface area contributed by atoms with E-state index in [1.54, 1.807) is 6.92 Å². The molecule has 0 bridgehead atoms. The van der Waals surface area contributed by atoms with Gasteiger partial charge in [-0.3, -0.25) is 0 Å². The number of nitrogens with zero attached hydrogens (tertiary/aromatic N) is 1. The molecule has 0 saturated carbocycles. The normalized spacial score (nSPS) is 11.5. The van der Waals surface area contributed by atoms with Crippen LogP contribution in [0.3, 0.4) is 0 Å². The number of hydrogen-bond acceptors (Lipinski definition) is 3. The highest BCUT2D eigenvalue weighted by Gasteiger charge is 2.28. The Bertz CT molecular complexity index is 339. The lowest BCUT2D eigenvalue weighted by atomic mass is 10.2. The first kappa shape index (κ1) is 11.8. The van der Waals surface area contributed by atoms with Crippen molar-refractivity contribution in [1.82, 2.24) is 4.98 Å². The molecule has 1 aromatic rings. The molecule has 0 aliphatic carbocycles. The van der Waals surface area contributed by atoms with E-state index in [0.717, 1.165) is 11.1 Å². The van der Waals surface area contributed by atoms with Crippen molar-refractivity contribution in [2.45, 2.75) is 19.6 Å². The third-order valence-electron chi connectivity index (χ3n) is 1.80. The molecule has 0 spiro atoms. The Kier molecular flexibility index (Phi) is 3.52. The molecule has 0 aromatic carbocycles. The summed E-state index contributed by atoms with van der Waals surface area (Å²) in [5.41, 5.74) is 6.94. The summed E-state index contributed by atoms with van der Waals surface area (Å²) in [6, 6.07) is 1.44. The maximum Gasteiger partial charge on any atom is 0.422 e. The predicted molar refractivity (Wildman–Crippen MR) is 48.4 cm³/mol. The highest BCUT2D eigenvalue weighted by molar-refractivity contribution is 5.27. The summed E-state index contributed by atoms with van der Waals surface area (Å²) in [6.07, 6.45) is -2.93. The summed E-state index contributed by atoms with van der Waals surface area (Å²) < 4.78 is 39.9. The van der Waals surface area contributed by atoms with Crippen LogP contribution in [0.15, 0.2) is 12.3 Å². The van der Waals surface area contributed by atoms with Gasteiger partial charge in [0.05, 0.1) is 0 Å². The first-order valence-corrected chi connectivity index (χ1v) is 4.27. The molecule has 0 aliphatic heterocycles. The summed E-state index contributed by atoms with van der Waals surface area (Å²) in [6.45, 7) is 0.712. The van der Waals surface area contributed by atoms with Gasteiger partial charge in [-0.15, -0.1) is 0 Å². The van der Waals surface area contributed by atoms with E-state index in [-0.39, 0.29) is 5.88 Å². The number of alkyl halides is 3. The van der Waals surface area contributed by atoms with Crippen molar-refractivity contribution >= 4 is 0 Å². The Morgan fingerprint density at radius 1 is 1.47 bits per heavy atom. The van der Waals surface area contributed by atoms with Crippen LogP contribution in [0.2, 0.25) is 0 Å². The Morgan fingerprint density at radius 2 is 2.13 bits per heavy atom. The van der Waals surface area contributed by atoms with Crippen molar-refractivity contribution in [1.29, 1.82) is 0 Å². The number of aryl methyl sites for hydroxylation is 1. The number of halogens is 3. The van der Waals surface area contributed by atoms with Crippen molar-refractivity contribution < 1.29 is 17.9 Å². The SMILES string of the molecule is Cc1cc(OCC(F)(F)F)ncc1CN. The molecule has 0 fully saturated rings. The molecule has 1 aromatic heterocycles. The molecule has 6 heteroatoms. The van der Waals surface area contributed by atoms with E-state index in [0.29, 0.717) is 6.54 Å². The molecular formula is C9H11F3N2O. The van der Waals surface area contributed by atoms with Gasteiger partial charge in [-0.05, 0) is 18.1 Å². The van der Waals surface area contributed by atoms with Gasteiger partial charge in [0.1, 0.15) is 0 Å². The van der Waals surface area contributed by atoms with E-state index in [1.165, 1.54) is 12.3 Å². The van der Waals surface area contributed by atoms with Crippen LogP contribution >= 0.6 is 0 Å². The van der Waals surface area contributed by atoms with Gasteiger partial charge in [0.15, 0.2) is 6.61 Å². The van der Waals surface area contributed by atoms with E-state index < -0.39 is 12.8 Å². The zero-order valence-electron chi connectivity index (χ0n) is 8.14. The molecule has 0 saturated heterocycles. The van der Waals surface area contributed by atoms with Crippen molar-refractivity contribution in [2.24, 2.45) is 5.73 Å². The standard InChI is InChI=1S/C9H11F3N2O/c1-6-2-8(14-4-7(6)3-13)15-5-9(10,11)12/h2,4H,3,5,13H2,1H3. The summed E-state index contributed by atoms with van der Waals surface area (Å²) in [7, 11) is 0. The predicted octanol–water partition coefficient (Wildman–Crippen LogP) is 1.79. The first-order chi connectivity index (χ1) is 6.92. The van der Waals surface area contributed by atoms with E-state index in [4.69, 9.17) is 5.73 Å². The van der Waals surface area contributed by atoms with Crippen LogP contribution in [-0.2, 0) is 6.54 Å². The van der Waals surface area contributed by atoms with Crippen LogP contribution in [-0.4, -0.2) is 17.8 Å². The van der Waals surface area contributed by atoms with Gasteiger partial charge in [0.25, 0.3) is 0 Å². The number of hydrogen-bond donors (Lipinski definition) is 1. The molecule has 2 N–H and O–H groups in total. The lowest BCUT2D eigenvalue weighted by molar-refractivity contribution is -0.154. The molecule has 3 nitrogen and oxygen atoms in total. The molecule has 0 atom stereocenters. The average Bonchev–Trinajstić information content (AvgIpc) is 2.14. The van der Waals surface area contributed by atoms with Crippen molar-refractivity contribution in [2.75, 3.05) is 6.61 Å². The Labute approximate surface area is 85.1 Å². The monoisotopic (exact) mass is 220 g/mol. The molecule has 1 rings (SSSR count). The van der Waals surface area contributed by atoms with E-state index in [1.807, 2.05) is 0 Å². The van der Waals surface area contributed by atoms with Gasteiger partial charge in [0, 0.05) is 18.8 Å². The smallest absolute Gasteiger partial charge is 0.422 e. The second kappa shape index (κ2) is 4.48. The van der Waals surface area contributed by atoms with Crippen molar-refractivity contribution in [3.8, 4) is 5.88 Å². The fraction of sp³-hybridized carbons (Fsp3) is 0.444. The van der Waals surface area contributed by atoms with Crippen LogP contribution in [0.25, 0.3) is 0 Å².